The maximum atomic E-state index is 12.8. The van der Waals surface area contributed by atoms with Gasteiger partial charge in [0.15, 0.2) is 0 Å². The number of carbonyl (C=O) groups is 1. The highest BCUT2D eigenvalue weighted by molar-refractivity contribution is 6.30. The van der Waals surface area contributed by atoms with E-state index < -0.39 is 4.92 Å². The van der Waals surface area contributed by atoms with E-state index in [1.54, 1.807) is 18.3 Å². The molecule has 3 aromatic rings. The molecule has 4 rings (SSSR count). The Labute approximate surface area is 166 Å². The average molecular weight is 397 g/mol. The van der Waals surface area contributed by atoms with Crippen LogP contribution in [0, 0.1) is 10.1 Å². The zero-order valence-electron chi connectivity index (χ0n) is 14.8. The Morgan fingerprint density at radius 1 is 1.14 bits per heavy atom. The van der Waals surface area contributed by atoms with Crippen LogP contribution in [0.25, 0.3) is 5.69 Å². The van der Waals surface area contributed by atoms with E-state index in [9.17, 15) is 14.9 Å². The summed E-state index contributed by atoms with van der Waals surface area (Å²) >= 11 is 5.98. The maximum Gasteiger partial charge on any atom is 0.269 e. The first-order valence-corrected chi connectivity index (χ1v) is 9.23. The first-order valence-electron chi connectivity index (χ1n) is 8.85. The van der Waals surface area contributed by atoms with E-state index in [0.717, 1.165) is 24.8 Å². The van der Waals surface area contributed by atoms with Crippen molar-refractivity contribution in [2.24, 2.45) is 0 Å². The lowest BCUT2D eigenvalue weighted by Crippen LogP contribution is -2.50. The van der Waals surface area contributed by atoms with Gasteiger partial charge in [-0.3, -0.25) is 14.9 Å². The zero-order chi connectivity index (χ0) is 19.7. The molecule has 8 heteroatoms. The Bertz CT molecular complexity index is 1020. The van der Waals surface area contributed by atoms with Crippen molar-refractivity contribution in [1.82, 2.24) is 15.1 Å². The summed E-state index contributed by atoms with van der Waals surface area (Å²) in [6.45, 7) is 0. The van der Waals surface area contributed by atoms with Gasteiger partial charge >= 0.3 is 0 Å². The van der Waals surface area contributed by atoms with Crippen molar-refractivity contribution >= 4 is 23.2 Å². The molecule has 0 spiro atoms. The van der Waals surface area contributed by atoms with Gasteiger partial charge in [-0.25, -0.2) is 4.68 Å². The summed E-state index contributed by atoms with van der Waals surface area (Å²) in [7, 11) is 0. The Balaban J connectivity index is 1.52. The molecule has 2 aromatic carbocycles. The average Bonchev–Trinajstić information content (AvgIpc) is 3.16. The summed E-state index contributed by atoms with van der Waals surface area (Å²) in [4.78, 5) is 23.1. The minimum Gasteiger partial charge on any atom is -0.342 e. The minimum atomic E-state index is -0.458. The van der Waals surface area contributed by atoms with Gasteiger partial charge < -0.3 is 5.32 Å². The predicted molar refractivity (Wildman–Crippen MR) is 105 cm³/mol. The lowest BCUT2D eigenvalue weighted by Gasteiger charge is -2.43. The van der Waals surface area contributed by atoms with E-state index >= 15 is 0 Å². The lowest BCUT2D eigenvalue weighted by molar-refractivity contribution is -0.384. The van der Waals surface area contributed by atoms with Crippen molar-refractivity contribution in [3.8, 4) is 5.69 Å². The van der Waals surface area contributed by atoms with E-state index in [2.05, 4.69) is 10.4 Å². The SMILES string of the molecule is O=C(NC1(c2ccc(Cl)cc2)CCC1)c1cnn(-c2ccc([N+](=O)[O-])cc2)c1. The molecule has 0 bridgehead atoms. The number of aromatic nitrogens is 2. The largest absolute Gasteiger partial charge is 0.342 e. The fourth-order valence-electron chi connectivity index (χ4n) is 3.38. The summed E-state index contributed by atoms with van der Waals surface area (Å²) in [5.74, 6) is -0.206. The number of nitro benzene ring substituents is 1. The molecule has 1 N–H and O–H groups in total. The van der Waals surface area contributed by atoms with E-state index in [-0.39, 0.29) is 17.1 Å². The minimum absolute atomic E-state index is 0.00348. The number of nitro groups is 1. The number of rotatable bonds is 5. The molecule has 28 heavy (non-hydrogen) atoms. The van der Waals surface area contributed by atoms with Gasteiger partial charge in [-0.15, -0.1) is 0 Å². The van der Waals surface area contributed by atoms with E-state index in [1.165, 1.54) is 23.0 Å². The third kappa shape index (κ3) is 3.36. The Hall–Kier alpha value is -3.19. The van der Waals surface area contributed by atoms with Crippen LogP contribution in [-0.2, 0) is 5.54 Å². The van der Waals surface area contributed by atoms with Crippen LogP contribution in [0.3, 0.4) is 0 Å². The molecule has 0 aliphatic heterocycles. The van der Waals surface area contributed by atoms with E-state index in [0.29, 0.717) is 16.3 Å². The lowest BCUT2D eigenvalue weighted by atomic mass is 9.71. The molecule has 0 radical (unpaired) electrons. The van der Waals surface area contributed by atoms with Gasteiger partial charge in [0.1, 0.15) is 0 Å². The molecule has 1 saturated carbocycles. The van der Waals surface area contributed by atoms with Crippen LogP contribution in [0.4, 0.5) is 5.69 Å². The Morgan fingerprint density at radius 2 is 1.82 bits per heavy atom. The van der Waals surface area contributed by atoms with Crippen LogP contribution in [-0.4, -0.2) is 20.6 Å². The molecule has 1 fully saturated rings. The van der Waals surface area contributed by atoms with Crippen molar-refractivity contribution in [1.29, 1.82) is 0 Å². The number of benzene rings is 2. The van der Waals surface area contributed by atoms with Gasteiger partial charge in [-0.1, -0.05) is 23.7 Å². The summed E-state index contributed by atoms with van der Waals surface area (Å²) in [6, 6.07) is 13.5. The number of amides is 1. The molecule has 1 amide bonds. The van der Waals surface area contributed by atoms with Gasteiger partial charge in [0, 0.05) is 23.4 Å². The summed E-state index contributed by atoms with van der Waals surface area (Å²) in [6.07, 6.45) is 5.90. The normalized spacial score (nSPS) is 14.9. The fourth-order valence-corrected chi connectivity index (χ4v) is 3.51. The molecule has 7 nitrogen and oxygen atoms in total. The van der Waals surface area contributed by atoms with Crippen LogP contribution in [0.1, 0.15) is 35.2 Å². The number of non-ortho nitro benzene ring substituents is 1. The first kappa shape index (κ1) is 18.2. The number of hydrogen-bond acceptors (Lipinski definition) is 4. The fraction of sp³-hybridized carbons (Fsp3) is 0.200. The second-order valence-electron chi connectivity index (χ2n) is 6.84. The van der Waals surface area contributed by atoms with Crippen LogP contribution < -0.4 is 5.32 Å². The Kier molecular flexibility index (Phi) is 4.60. The molecular formula is C20H17ClN4O3. The van der Waals surface area contributed by atoms with E-state index in [4.69, 9.17) is 11.6 Å². The molecule has 1 heterocycles. The monoisotopic (exact) mass is 396 g/mol. The third-order valence-electron chi connectivity index (χ3n) is 5.13. The molecule has 0 saturated heterocycles. The standard InChI is InChI=1S/C20H17ClN4O3/c21-16-4-2-15(3-5-16)20(10-1-11-20)23-19(26)14-12-22-24(13-14)17-6-8-18(9-7-17)25(27)28/h2-9,12-13H,1,10-11H2,(H,23,26). The first-order chi connectivity index (χ1) is 13.5. The van der Waals surface area contributed by atoms with Crippen LogP contribution in [0.2, 0.25) is 5.02 Å². The van der Waals surface area contributed by atoms with Crippen molar-refractivity contribution in [3.05, 3.63) is 87.2 Å². The third-order valence-corrected chi connectivity index (χ3v) is 5.38. The highest BCUT2D eigenvalue weighted by atomic mass is 35.5. The van der Waals surface area contributed by atoms with E-state index in [1.807, 2.05) is 24.3 Å². The summed E-state index contributed by atoms with van der Waals surface area (Å²) in [5.41, 5.74) is 1.74. The smallest absolute Gasteiger partial charge is 0.269 e. The highest BCUT2D eigenvalue weighted by Crippen LogP contribution is 2.41. The number of carbonyl (C=O) groups excluding carboxylic acids is 1. The Morgan fingerprint density at radius 3 is 2.39 bits per heavy atom. The van der Waals surface area contributed by atoms with Crippen LogP contribution in [0.5, 0.6) is 0 Å². The van der Waals surface area contributed by atoms with Gasteiger partial charge in [0.25, 0.3) is 11.6 Å². The highest BCUT2D eigenvalue weighted by Gasteiger charge is 2.40. The number of hydrogen-bond donors (Lipinski definition) is 1. The molecule has 0 atom stereocenters. The zero-order valence-corrected chi connectivity index (χ0v) is 15.6. The molecule has 0 unspecified atom stereocenters. The van der Waals surface area contributed by atoms with Gasteiger partial charge in [-0.2, -0.15) is 5.10 Å². The molecule has 1 aliphatic carbocycles. The van der Waals surface area contributed by atoms with Gasteiger partial charge in [0.05, 0.1) is 27.9 Å². The second kappa shape index (κ2) is 7.09. The molecule has 1 aliphatic rings. The summed E-state index contributed by atoms with van der Waals surface area (Å²) < 4.78 is 1.52. The number of halogens is 1. The predicted octanol–water partition coefficient (Wildman–Crippen LogP) is 4.24. The molecule has 142 valence electrons. The van der Waals surface area contributed by atoms with Crippen molar-refractivity contribution in [2.45, 2.75) is 24.8 Å². The number of nitrogens with one attached hydrogen (secondary N) is 1. The second-order valence-corrected chi connectivity index (χ2v) is 7.28. The molecule has 1 aromatic heterocycles. The van der Waals surface area contributed by atoms with Crippen LogP contribution >= 0.6 is 11.6 Å². The van der Waals surface area contributed by atoms with Crippen LogP contribution in [0.15, 0.2) is 60.9 Å². The topological polar surface area (TPSA) is 90.1 Å². The van der Waals surface area contributed by atoms with Crippen molar-refractivity contribution in [2.75, 3.05) is 0 Å². The van der Waals surface area contributed by atoms with Crippen molar-refractivity contribution < 1.29 is 9.72 Å². The van der Waals surface area contributed by atoms with Crippen molar-refractivity contribution in [3.63, 3.8) is 0 Å². The quantitative estimate of drug-likeness (QED) is 0.515. The summed E-state index contributed by atoms with van der Waals surface area (Å²) in [5, 5.41) is 18.8. The van der Waals surface area contributed by atoms with Gasteiger partial charge in [0.2, 0.25) is 0 Å². The number of nitrogens with zero attached hydrogens (tertiary/aromatic N) is 3. The van der Waals surface area contributed by atoms with Gasteiger partial charge in [-0.05, 0) is 49.1 Å². The molecular weight excluding hydrogens is 380 g/mol. The maximum absolute atomic E-state index is 12.8.